The highest BCUT2D eigenvalue weighted by molar-refractivity contribution is 9.10. The van der Waals surface area contributed by atoms with E-state index in [2.05, 4.69) is 26.1 Å². The monoisotopic (exact) mass is 299 g/mol. The number of benzene rings is 1. The van der Waals surface area contributed by atoms with Gasteiger partial charge in [-0.25, -0.2) is 0 Å². The first-order valence-corrected chi connectivity index (χ1v) is 6.10. The van der Waals surface area contributed by atoms with Gasteiger partial charge in [0.05, 0.1) is 10.7 Å². The number of halogens is 2. The van der Waals surface area contributed by atoms with Gasteiger partial charge in [0, 0.05) is 22.4 Å². The van der Waals surface area contributed by atoms with Crippen LogP contribution in [-0.4, -0.2) is 11.5 Å². The molecule has 1 unspecified atom stereocenters. The van der Waals surface area contributed by atoms with E-state index in [0.717, 1.165) is 22.2 Å². The fraction of sp³-hybridized carbons (Fsp3) is 0.273. The molecule has 2 N–H and O–H groups in total. The standard InChI is InChI=1S/C11H11BrClN3/c1-6-4-10(15-16-11(6)14)8-3-2-7(12)5-9(8)13/h2-3,5-6H,4H2,1H3,(H2,14,16). The zero-order valence-corrected chi connectivity index (χ0v) is 11.1. The number of rotatable bonds is 1. The van der Waals surface area contributed by atoms with E-state index in [-0.39, 0.29) is 5.92 Å². The van der Waals surface area contributed by atoms with Gasteiger partial charge in [-0.1, -0.05) is 40.5 Å². The van der Waals surface area contributed by atoms with Gasteiger partial charge in [-0.15, -0.1) is 5.10 Å². The van der Waals surface area contributed by atoms with Crippen LogP contribution in [0.4, 0.5) is 0 Å². The number of amidine groups is 1. The molecule has 1 atom stereocenters. The Morgan fingerprint density at radius 2 is 2.19 bits per heavy atom. The molecule has 0 saturated carbocycles. The molecule has 0 spiro atoms. The molecule has 2 rings (SSSR count). The Bertz CT molecular complexity index is 482. The highest BCUT2D eigenvalue weighted by Crippen LogP contribution is 2.25. The van der Waals surface area contributed by atoms with E-state index in [4.69, 9.17) is 17.3 Å². The molecule has 0 fully saturated rings. The van der Waals surface area contributed by atoms with E-state index in [1.165, 1.54) is 0 Å². The third kappa shape index (κ3) is 2.28. The molecule has 0 saturated heterocycles. The maximum Gasteiger partial charge on any atom is 0.125 e. The third-order valence-corrected chi connectivity index (χ3v) is 3.34. The van der Waals surface area contributed by atoms with Crippen molar-refractivity contribution in [2.75, 3.05) is 0 Å². The van der Waals surface area contributed by atoms with Crippen LogP contribution in [0, 0.1) is 5.92 Å². The van der Waals surface area contributed by atoms with Gasteiger partial charge in [0.15, 0.2) is 0 Å². The fourth-order valence-corrected chi connectivity index (χ4v) is 2.32. The van der Waals surface area contributed by atoms with Gasteiger partial charge in [-0.3, -0.25) is 0 Å². The van der Waals surface area contributed by atoms with Crippen molar-refractivity contribution in [1.29, 1.82) is 0 Å². The molecule has 1 heterocycles. The van der Waals surface area contributed by atoms with Crippen LogP contribution in [0.2, 0.25) is 5.02 Å². The van der Waals surface area contributed by atoms with Crippen LogP contribution in [0.5, 0.6) is 0 Å². The fourth-order valence-electron chi connectivity index (χ4n) is 1.54. The minimum Gasteiger partial charge on any atom is -0.385 e. The summed E-state index contributed by atoms with van der Waals surface area (Å²) in [6.45, 7) is 2.03. The quantitative estimate of drug-likeness (QED) is 0.850. The maximum absolute atomic E-state index is 6.16. The first-order valence-electron chi connectivity index (χ1n) is 4.93. The van der Waals surface area contributed by atoms with Crippen molar-refractivity contribution in [3.63, 3.8) is 0 Å². The first kappa shape index (κ1) is 11.6. The van der Waals surface area contributed by atoms with Crippen LogP contribution in [0.3, 0.4) is 0 Å². The summed E-state index contributed by atoms with van der Waals surface area (Å²) in [6.07, 6.45) is 0.774. The SMILES string of the molecule is CC1CC(c2ccc(Br)cc2Cl)=NN=C1N. The molecule has 5 heteroatoms. The first-order chi connectivity index (χ1) is 7.58. The van der Waals surface area contributed by atoms with Gasteiger partial charge in [0.2, 0.25) is 0 Å². The summed E-state index contributed by atoms with van der Waals surface area (Å²) in [5.41, 5.74) is 7.50. The van der Waals surface area contributed by atoms with Crippen LogP contribution >= 0.6 is 27.5 Å². The van der Waals surface area contributed by atoms with E-state index in [1.807, 2.05) is 25.1 Å². The molecule has 1 aliphatic heterocycles. The molecule has 16 heavy (non-hydrogen) atoms. The van der Waals surface area contributed by atoms with E-state index in [1.54, 1.807) is 0 Å². The molecule has 0 amide bonds. The van der Waals surface area contributed by atoms with Crippen molar-refractivity contribution in [3.05, 3.63) is 33.3 Å². The summed E-state index contributed by atoms with van der Waals surface area (Å²) in [5, 5.41) is 8.72. The summed E-state index contributed by atoms with van der Waals surface area (Å²) in [7, 11) is 0. The third-order valence-electron chi connectivity index (χ3n) is 2.53. The summed E-state index contributed by atoms with van der Waals surface area (Å²) < 4.78 is 0.953. The summed E-state index contributed by atoms with van der Waals surface area (Å²) in [5.74, 6) is 0.796. The zero-order valence-electron chi connectivity index (χ0n) is 8.74. The number of hydrogen-bond acceptors (Lipinski definition) is 3. The largest absolute Gasteiger partial charge is 0.385 e. The van der Waals surface area contributed by atoms with Crippen molar-refractivity contribution in [2.45, 2.75) is 13.3 Å². The van der Waals surface area contributed by atoms with Gasteiger partial charge in [-0.2, -0.15) is 5.10 Å². The number of hydrogen-bond donors (Lipinski definition) is 1. The Labute approximate surface area is 108 Å². The zero-order chi connectivity index (χ0) is 11.7. The van der Waals surface area contributed by atoms with Crippen LogP contribution in [-0.2, 0) is 0 Å². The number of nitrogens with two attached hydrogens (primary N) is 1. The second-order valence-electron chi connectivity index (χ2n) is 3.80. The van der Waals surface area contributed by atoms with Gasteiger partial charge in [0.25, 0.3) is 0 Å². The number of nitrogens with zero attached hydrogens (tertiary/aromatic N) is 2. The summed E-state index contributed by atoms with van der Waals surface area (Å²) >= 11 is 9.53. The lowest BCUT2D eigenvalue weighted by Gasteiger charge is -2.16. The second-order valence-corrected chi connectivity index (χ2v) is 5.12. The molecule has 84 valence electrons. The molecule has 0 bridgehead atoms. The topological polar surface area (TPSA) is 50.7 Å². The molecule has 0 aliphatic carbocycles. The molecular formula is C11H11BrClN3. The van der Waals surface area contributed by atoms with Crippen molar-refractivity contribution in [2.24, 2.45) is 21.9 Å². The Hall–Kier alpha value is -0.870. The van der Waals surface area contributed by atoms with Crippen molar-refractivity contribution < 1.29 is 0 Å². The van der Waals surface area contributed by atoms with Crippen molar-refractivity contribution in [3.8, 4) is 0 Å². The van der Waals surface area contributed by atoms with Gasteiger partial charge < -0.3 is 5.73 Å². The van der Waals surface area contributed by atoms with E-state index >= 15 is 0 Å². The molecule has 0 radical (unpaired) electrons. The van der Waals surface area contributed by atoms with Gasteiger partial charge in [0.1, 0.15) is 5.84 Å². The highest BCUT2D eigenvalue weighted by atomic mass is 79.9. The molecule has 1 aromatic carbocycles. The minimum atomic E-state index is 0.215. The summed E-state index contributed by atoms with van der Waals surface area (Å²) in [4.78, 5) is 0. The molecule has 1 aliphatic rings. The van der Waals surface area contributed by atoms with Crippen LogP contribution in [0.25, 0.3) is 0 Å². The predicted molar refractivity (Wildman–Crippen MR) is 71.1 cm³/mol. The highest BCUT2D eigenvalue weighted by Gasteiger charge is 2.18. The van der Waals surface area contributed by atoms with Crippen molar-refractivity contribution >= 4 is 39.1 Å². The molecular weight excluding hydrogens is 289 g/mol. The lowest BCUT2D eigenvalue weighted by molar-refractivity contribution is 0.779. The van der Waals surface area contributed by atoms with E-state index < -0.39 is 0 Å². The average Bonchev–Trinajstić information content (AvgIpc) is 2.22. The van der Waals surface area contributed by atoms with Gasteiger partial charge in [-0.05, 0) is 12.1 Å². The minimum absolute atomic E-state index is 0.215. The van der Waals surface area contributed by atoms with Crippen LogP contribution in [0.15, 0.2) is 32.9 Å². The van der Waals surface area contributed by atoms with Crippen molar-refractivity contribution in [1.82, 2.24) is 0 Å². The Kier molecular flexibility index (Phi) is 3.30. The molecule has 0 aromatic heterocycles. The Morgan fingerprint density at radius 1 is 1.44 bits per heavy atom. The Morgan fingerprint density at radius 3 is 2.81 bits per heavy atom. The lowest BCUT2D eigenvalue weighted by Crippen LogP contribution is -2.26. The lowest BCUT2D eigenvalue weighted by atomic mass is 9.97. The Balaban J connectivity index is 2.39. The van der Waals surface area contributed by atoms with E-state index in [9.17, 15) is 0 Å². The predicted octanol–water partition coefficient (Wildman–Crippen LogP) is 3.20. The average molecular weight is 301 g/mol. The molecule has 1 aromatic rings. The smallest absolute Gasteiger partial charge is 0.125 e. The maximum atomic E-state index is 6.16. The van der Waals surface area contributed by atoms with Crippen LogP contribution in [0.1, 0.15) is 18.9 Å². The van der Waals surface area contributed by atoms with E-state index in [0.29, 0.717) is 10.9 Å². The van der Waals surface area contributed by atoms with Crippen LogP contribution < -0.4 is 5.73 Å². The van der Waals surface area contributed by atoms with Gasteiger partial charge >= 0.3 is 0 Å². The molecule has 3 nitrogen and oxygen atoms in total. The normalized spacial score (nSPS) is 20.3. The summed E-state index contributed by atoms with van der Waals surface area (Å²) in [6, 6.07) is 5.73. The second kappa shape index (κ2) is 4.55.